The third-order valence-corrected chi connectivity index (χ3v) is 7.06. The molecule has 43 heavy (non-hydrogen) atoms. The average molecular weight is 594 g/mol. The molecule has 0 fully saturated rings. The number of amides is 3. The zero-order valence-corrected chi connectivity index (χ0v) is 25.1. The van der Waals surface area contributed by atoms with Crippen molar-refractivity contribution in [2.24, 2.45) is 0 Å². The van der Waals surface area contributed by atoms with E-state index in [0.29, 0.717) is 48.2 Å². The van der Waals surface area contributed by atoms with Crippen LogP contribution in [0.2, 0.25) is 0 Å². The normalized spacial score (nSPS) is 17.1. The molecule has 0 saturated carbocycles. The number of nitrogens with one attached hydrogen (secondary N) is 1. The number of carbonyl (C=O) groups excluding carboxylic acids is 5. The highest BCUT2D eigenvalue weighted by molar-refractivity contribution is 6.21. The van der Waals surface area contributed by atoms with Gasteiger partial charge in [-0.1, -0.05) is 37.1 Å². The number of hydrogen-bond donors (Lipinski definition) is 1. The molecule has 2 aliphatic rings. The van der Waals surface area contributed by atoms with Crippen molar-refractivity contribution in [3.05, 3.63) is 59.7 Å². The third-order valence-electron chi connectivity index (χ3n) is 7.06. The van der Waals surface area contributed by atoms with Gasteiger partial charge in [0.2, 0.25) is 5.91 Å². The third kappa shape index (κ3) is 7.78. The zero-order chi connectivity index (χ0) is 31.1. The number of ether oxygens (including phenoxy) is 3. The minimum atomic E-state index is -0.942. The number of carbonyl (C=O) groups is 5. The molecule has 1 N–H and O–H groups in total. The summed E-state index contributed by atoms with van der Waals surface area (Å²) in [5, 5.41) is 3.11. The maximum atomic E-state index is 13.8. The Hall–Kier alpha value is -4.25. The number of fused-ring (bicyclic) bond motifs is 2. The van der Waals surface area contributed by atoms with E-state index in [0.717, 1.165) is 0 Å². The molecule has 0 saturated heterocycles. The maximum Gasteiger partial charge on any atom is 0.326 e. The van der Waals surface area contributed by atoms with Crippen molar-refractivity contribution in [1.29, 1.82) is 0 Å². The Bertz CT molecular complexity index is 1330. The molecule has 0 aliphatic carbocycles. The van der Waals surface area contributed by atoms with E-state index in [1.807, 2.05) is 0 Å². The Balaban J connectivity index is 1.39. The smallest absolute Gasteiger partial charge is 0.326 e. The topological polar surface area (TPSA) is 132 Å². The Morgan fingerprint density at radius 3 is 2.26 bits per heavy atom. The minimum absolute atomic E-state index is 0.0592. The number of anilines is 1. The van der Waals surface area contributed by atoms with Crippen molar-refractivity contribution >= 4 is 35.3 Å². The first-order valence-electron chi connectivity index (χ1n) is 14.6. The van der Waals surface area contributed by atoms with Crippen molar-refractivity contribution in [1.82, 2.24) is 10.2 Å². The molecule has 1 unspecified atom stereocenters. The van der Waals surface area contributed by atoms with E-state index in [-0.39, 0.29) is 38.1 Å². The molecule has 230 valence electrons. The van der Waals surface area contributed by atoms with Crippen LogP contribution in [-0.4, -0.2) is 78.5 Å². The number of rotatable bonds is 12. The van der Waals surface area contributed by atoms with Gasteiger partial charge < -0.3 is 14.2 Å². The number of benzene rings is 2. The van der Waals surface area contributed by atoms with Crippen LogP contribution in [0.1, 0.15) is 74.1 Å². The summed E-state index contributed by atoms with van der Waals surface area (Å²) in [6.45, 7) is 7.02. The zero-order valence-electron chi connectivity index (χ0n) is 25.1. The van der Waals surface area contributed by atoms with Crippen LogP contribution in [0, 0.1) is 0 Å². The van der Waals surface area contributed by atoms with Crippen molar-refractivity contribution in [2.75, 3.05) is 31.2 Å². The molecule has 2 aromatic carbocycles. The fraction of sp³-hybridized carbons (Fsp3) is 0.469. The van der Waals surface area contributed by atoms with Crippen LogP contribution >= 0.6 is 0 Å². The van der Waals surface area contributed by atoms with Gasteiger partial charge in [-0.25, -0.2) is 0 Å². The number of hydrogen-bond acceptors (Lipinski definition) is 9. The van der Waals surface area contributed by atoms with E-state index >= 15 is 0 Å². The molecule has 4 rings (SSSR count). The molecule has 2 aliphatic heterocycles. The van der Waals surface area contributed by atoms with Gasteiger partial charge in [0.1, 0.15) is 36.6 Å². The molecule has 2 atom stereocenters. The molecule has 0 bridgehead atoms. The van der Waals surface area contributed by atoms with Crippen molar-refractivity contribution in [2.45, 2.75) is 71.1 Å². The first-order chi connectivity index (χ1) is 20.5. The second-order valence-corrected chi connectivity index (χ2v) is 11.5. The molecular weight excluding hydrogens is 554 g/mol. The second kappa shape index (κ2) is 13.8. The van der Waals surface area contributed by atoms with Gasteiger partial charge in [0, 0.05) is 6.54 Å². The predicted octanol–water partition coefficient (Wildman–Crippen LogP) is 3.50. The van der Waals surface area contributed by atoms with Gasteiger partial charge >= 0.3 is 11.9 Å². The van der Waals surface area contributed by atoms with E-state index in [9.17, 15) is 24.0 Å². The van der Waals surface area contributed by atoms with Crippen LogP contribution in [0.3, 0.4) is 0 Å². The monoisotopic (exact) mass is 593 g/mol. The Kier molecular flexibility index (Phi) is 10.2. The van der Waals surface area contributed by atoms with Gasteiger partial charge in [0.05, 0.1) is 23.4 Å². The molecule has 11 nitrogen and oxygen atoms in total. The van der Waals surface area contributed by atoms with E-state index < -0.39 is 35.5 Å². The molecule has 2 aromatic rings. The van der Waals surface area contributed by atoms with Crippen LogP contribution in [-0.2, 0) is 23.9 Å². The van der Waals surface area contributed by atoms with Crippen LogP contribution in [0.25, 0.3) is 0 Å². The number of para-hydroxylation sites is 2. The largest absolute Gasteiger partial charge is 0.489 e. The van der Waals surface area contributed by atoms with Crippen molar-refractivity contribution < 1.29 is 38.2 Å². The van der Waals surface area contributed by atoms with Gasteiger partial charge in [-0.3, -0.25) is 39.1 Å². The predicted molar refractivity (Wildman–Crippen MR) is 158 cm³/mol. The average Bonchev–Trinajstić information content (AvgIpc) is 3.12. The van der Waals surface area contributed by atoms with Gasteiger partial charge in [0.15, 0.2) is 0 Å². The Labute approximate surface area is 251 Å². The highest BCUT2D eigenvalue weighted by Gasteiger charge is 2.37. The molecular formula is C32H39N3O8. The van der Waals surface area contributed by atoms with E-state index in [1.165, 1.54) is 9.80 Å². The summed E-state index contributed by atoms with van der Waals surface area (Å²) in [7, 11) is 0. The van der Waals surface area contributed by atoms with Crippen LogP contribution in [0.5, 0.6) is 5.75 Å². The molecule has 2 heterocycles. The van der Waals surface area contributed by atoms with Gasteiger partial charge in [-0.2, -0.15) is 0 Å². The summed E-state index contributed by atoms with van der Waals surface area (Å²) in [5.74, 6) is -1.67. The van der Waals surface area contributed by atoms with E-state index in [1.54, 1.807) is 76.2 Å². The number of nitrogens with zero attached hydrogens (tertiary/aromatic N) is 2. The summed E-state index contributed by atoms with van der Waals surface area (Å²) in [6, 6.07) is 11.9. The summed E-state index contributed by atoms with van der Waals surface area (Å²) in [4.78, 5) is 67.2. The summed E-state index contributed by atoms with van der Waals surface area (Å²) < 4.78 is 16.7. The van der Waals surface area contributed by atoms with E-state index in [4.69, 9.17) is 14.2 Å². The molecule has 0 radical (unpaired) electrons. The van der Waals surface area contributed by atoms with Crippen molar-refractivity contribution in [3.8, 4) is 5.75 Å². The minimum Gasteiger partial charge on any atom is -0.489 e. The highest BCUT2D eigenvalue weighted by atomic mass is 16.6. The lowest BCUT2D eigenvalue weighted by molar-refractivity contribution is -0.154. The van der Waals surface area contributed by atoms with Gasteiger partial charge in [-0.15, -0.1) is 0 Å². The fourth-order valence-electron chi connectivity index (χ4n) is 5.13. The lowest BCUT2D eigenvalue weighted by Gasteiger charge is -2.28. The van der Waals surface area contributed by atoms with Crippen LogP contribution in [0.15, 0.2) is 48.5 Å². The molecule has 0 aromatic heterocycles. The number of esters is 2. The van der Waals surface area contributed by atoms with Gasteiger partial charge in [-0.05, 0) is 64.8 Å². The number of imide groups is 1. The quantitative estimate of drug-likeness (QED) is 0.223. The Morgan fingerprint density at radius 2 is 1.60 bits per heavy atom. The molecule has 3 amide bonds. The summed E-state index contributed by atoms with van der Waals surface area (Å²) >= 11 is 0. The van der Waals surface area contributed by atoms with Crippen molar-refractivity contribution in [3.63, 3.8) is 0 Å². The lowest BCUT2D eigenvalue weighted by atomic mass is 10.1. The summed E-state index contributed by atoms with van der Waals surface area (Å²) in [6.07, 6.45) is 2.12. The highest BCUT2D eigenvalue weighted by Crippen LogP contribution is 2.31. The van der Waals surface area contributed by atoms with E-state index in [2.05, 4.69) is 5.32 Å². The fourth-order valence-corrected chi connectivity index (χ4v) is 5.13. The molecule has 11 heteroatoms. The Morgan fingerprint density at radius 1 is 0.953 bits per heavy atom. The lowest BCUT2D eigenvalue weighted by Crippen LogP contribution is -2.55. The number of unbranched alkanes of at least 4 members (excludes halogenated alkanes) is 2. The molecule has 0 spiro atoms. The first kappa shape index (κ1) is 31.7. The first-order valence-corrected chi connectivity index (χ1v) is 14.6. The standard InChI is InChI=1S/C32H39N3O8/c1-5-41-31(40)23(15-7-6-12-18-34-28(37)21-13-8-9-14-22(21)29(34)38)33-24-20-42-26-17-11-10-16-25(26)35(30(24)39)19-27(36)43-32(2,3)4/h8-11,13-14,16-17,23-24,33H,5-7,12,15,18-20H2,1-4H3/t23-,24?/m0/s1. The second-order valence-electron chi connectivity index (χ2n) is 11.5. The maximum absolute atomic E-state index is 13.8. The van der Waals surface area contributed by atoms with Gasteiger partial charge in [0.25, 0.3) is 11.8 Å². The van der Waals surface area contributed by atoms with Crippen LogP contribution in [0.4, 0.5) is 5.69 Å². The van der Waals surface area contributed by atoms with Crippen LogP contribution < -0.4 is 15.0 Å². The SMILES string of the molecule is CCOC(=O)[C@H](CCCCCN1C(=O)c2ccccc2C1=O)NC1COc2ccccc2N(CC(=O)OC(C)(C)C)C1=O. The summed E-state index contributed by atoms with van der Waals surface area (Å²) in [5.41, 5.74) is 0.534.